The fourth-order valence-electron chi connectivity index (χ4n) is 3.13. The molecular weight excluding hydrogens is 355 g/mol. The minimum Gasteiger partial charge on any atom is -0.326 e. The van der Waals surface area contributed by atoms with Gasteiger partial charge in [-0.2, -0.15) is 0 Å². The molecular formula is C19H21FN2O3S. The van der Waals surface area contributed by atoms with Crippen LogP contribution in [0, 0.1) is 12.7 Å². The zero-order valence-corrected chi connectivity index (χ0v) is 15.6. The normalized spacial score (nSPS) is 14.0. The second-order valence-corrected chi connectivity index (χ2v) is 8.22. The lowest BCUT2D eigenvalue weighted by molar-refractivity contribution is -0.115. The average Bonchev–Trinajstić information content (AvgIpc) is 2.61. The Morgan fingerprint density at radius 3 is 2.58 bits per heavy atom. The van der Waals surface area contributed by atoms with E-state index in [9.17, 15) is 17.6 Å². The third kappa shape index (κ3) is 3.44. The lowest BCUT2D eigenvalue weighted by atomic mass is 10.0. The number of fused-ring (bicyclic) bond motifs is 1. The van der Waals surface area contributed by atoms with E-state index in [1.165, 1.54) is 30.3 Å². The summed E-state index contributed by atoms with van der Waals surface area (Å²) in [6, 6.07) is 9.13. The molecule has 0 unspecified atom stereocenters. The number of nitrogens with zero attached hydrogens (tertiary/aromatic N) is 1. The van der Waals surface area contributed by atoms with Crippen molar-refractivity contribution >= 4 is 27.3 Å². The van der Waals surface area contributed by atoms with Gasteiger partial charge in [-0.15, -0.1) is 0 Å². The van der Waals surface area contributed by atoms with E-state index in [4.69, 9.17) is 0 Å². The Bertz CT molecular complexity index is 940. The molecule has 2 aromatic carbocycles. The molecule has 0 saturated carbocycles. The van der Waals surface area contributed by atoms with Gasteiger partial charge < -0.3 is 5.32 Å². The van der Waals surface area contributed by atoms with Crippen molar-refractivity contribution in [2.45, 2.75) is 38.0 Å². The van der Waals surface area contributed by atoms with Crippen LogP contribution in [0.25, 0.3) is 0 Å². The number of halogens is 1. The van der Waals surface area contributed by atoms with E-state index in [2.05, 4.69) is 5.32 Å². The van der Waals surface area contributed by atoms with Crippen LogP contribution in [0.2, 0.25) is 0 Å². The molecule has 0 spiro atoms. The van der Waals surface area contributed by atoms with E-state index in [-0.39, 0.29) is 23.0 Å². The highest BCUT2D eigenvalue weighted by Gasteiger charge is 2.31. The van der Waals surface area contributed by atoms with E-state index >= 15 is 0 Å². The van der Waals surface area contributed by atoms with Crippen LogP contribution in [0.15, 0.2) is 41.3 Å². The van der Waals surface area contributed by atoms with Gasteiger partial charge in [0, 0.05) is 18.7 Å². The lowest BCUT2D eigenvalue weighted by Gasteiger charge is -2.31. The van der Waals surface area contributed by atoms with Gasteiger partial charge in [-0.1, -0.05) is 13.0 Å². The highest BCUT2D eigenvalue weighted by molar-refractivity contribution is 7.92. The van der Waals surface area contributed by atoms with Gasteiger partial charge >= 0.3 is 0 Å². The first-order chi connectivity index (χ1) is 12.3. The topological polar surface area (TPSA) is 66.5 Å². The van der Waals surface area contributed by atoms with Gasteiger partial charge in [-0.25, -0.2) is 12.8 Å². The number of rotatable bonds is 4. The van der Waals surface area contributed by atoms with Gasteiger partial charge in [-0.05, 0) is 61.2 Å². The molecule has 0 atom stereocenters. The van der Waals surface area contributed by atoms with Crippen LogP contribution in [0.3, 0.4) is 0 Å². The average molecular weight is 376 g/mol. The Balaban J connectivity index is 1.96. The number of nitrogens with one attached hydrogen (secondary N) is 1. The van der Waals surface area contributed by atoms with Crippen molar-refractivity contribution in [3.05, 3.63) is 53.3 Å². The molecule has 0 bridgehead atoms. The molecule has 3 rings (SSSR count). The summed E-state index contributed by atoms with van der Waals surface area (Å²) in [7, 11) is -3.88. The molecule has 0 aromatic heterocycles. The van der Waals surface area contributed by atoms with Crippen LogP contribution < -0.4 is 9.62 Å². The molecule has 1 N–H and O–H groups in total. The van der Waals surface area contributed by atoms with Crippen molar-refractivity contribution in [2.24, 2.45) is 0 Å². The van der Waals surface area contributed by atoms with Crippen LogP contribution in [0.5, 0.6) is 0 Å². The first-order valence-electron chi connectivity index (χ1n) is 8.54. The van der Waals surface area contributed by atoms with Crippen LogP contribution in [-0.2, 0) is 21.2 Å². The number of aryl methyl sites for hydroxylation is 2. The third-order valence-corrected chi connectivity index (χ3v) is 6.20. The highest BCUT2D eigenvalue weighted by Crippen LogP contribution is 2.35. The summed E-state index contributed by atoms with van der Waals surface area (Å²) < 4.78 is 41.8. The Hall–Kier alpha value is -2.41. The van der Waals surface area contributed by atoms with E-state index in [1.807, 2.05) is 6.07 Å². The summed E-state index contributed by atoms with van der Waals surface area (Å²) in [5.41, 5.74) is 2.16. The summed E-state index contributed by atoms with van der Waals surface area (Å²) in [4.78, 5) is 11.5. The number of carbonyl (C=O) groups is 1. The first-order valence-corrected chi connectivity index (χ1v) is 9.98. The first kappa shape index (κ1) is 18.4. The fourth-order valence-corrected chi connectivity index (χ4v) is 4.68. The van der Waals surface area contributed by atoms with Crippen LogP contribution in [-0.4, -0.2) is 20.9 Å². The largest absolute Gasteiger partial charge is 0.326 e. The van der Waals surface area contributed by atoms with Crippen molar-refractivity contribution in [3.8, 4) is 0 Å². The number of anilines is 2. The summed E-state index contributed by atoms with van der Waals surface area (Å²) in [6.45, 7) is 3.77. The van der Waals surface area contributed by atoms with Gasteiger partial charge in [0.15, 0.2) is 0 Å². The quantitative estimate of drug-likeness (QED) is 0.886. The minimum absolute atomic E-state index is 0.0693. The molecule has 1 aliphatic heterocycles. The van der Waals surface area contributed by atoms with Gasteiger partial charge in [0.25, 0.3) is 10.0 Å². The van der Waals surface area contributed by atoms with Gasteiger partial charge in [-0.3, -0.25) is 9.10 Å². The summed E-state index contributed by atoms with van der Waals surface area (Å²) in [5.74, 6) is -0.668. The molecule has 1 amide bonds. The molecule has 1 aliphatic rings. The molecule has 1 heterocycles. The van der Waals surface area contributed by atoms with Crippen molar-refractivity contribution in [2.75, 3.05) is 16.2 Å². The van der Waals surface area contributed by atoms with Crippen LogP contribution >= 0.6 is 0 Å². The molecule has 0 fully saturated rings. The zero-order valence-electron chi connectivity index (χ0n) is 14.8. The Labute approximate surface area is 152 Å². The summed E-state index contributed by atoms with van der Waals surface area (Å²) >= 11 is 0. The Morgan fingerprint density at radius 2 is 1.92 bits per heavy atom. The monoisotopic (exact) mass is 376 g/mol. The fraction of sp³-hybridized carbons (Fsp3) is 0.316. The molecule has 0 aliphatic carbocycles. The third-order valence-electron chi connectivity index (χ3n) is 4.39. The number of hydrogen-bond acceptors (Lipinski definition) is 3. The maximum atomic E-state index is 14.5. The SMILES string of the molecule is CCC(=O)Nc1ccc(S(=O)(=O)N2CCCc3cc(C)cc(F)c32)cc1. The predicted molar refractivity (Wildman–Crippen MR) is 99.4 cm³/mol. The molecule has 26 heavy (non-hydrogen) atoms. The maximum Gasteiger partial charge on any atom is 0.264 e. The van der Waals surface area contributed by atoms with E-state index in [1.54, 1.807) is 13.8 Å². The number of carbonyl (C=O) groups excluding carboxylic acids is 1. The molecule has 0 radical (unpaired) electrons. The van der Waals surface area contributed by atoms with Gasteiger partial charge in [0.2, 0.25) is 5.91 Å². The van der Waals surface area contributed by atoms with E-state index < -0.39 is 15.8 Å². The minimum atomic E-state index is -3.88. The standard InChI is InChI=1S/C19H21FN2O3S/c1-3-18(23)21-15-6-8-16(9-7-15)26(24,25)22-10-4-5-14-11-13(2)12-17(20)19(14)22/h6-9,11-12H,3-5,10H2,1-2H3,(H,21,23). The van der Waals surface area contributed by atoms with E-state index in [0.29, 0.717) is 30.5 Å². The summed E-state index contributed by atoms with van der Waals surface area (Å²) in [6.07, 6.45) is 1.63. The lowest BCUT2D eigenvalue weighted by Crippen LogP contribution is -2.36. The predicted octanol–water partition coefficient (Wildman–Crippen LogP) is 3.62. The molecule has 2 aromatic rings. The van der Waals surface area contributed by atoms with Crippen molar-refractivity contribution in [3.63, 3.8) is 0 Å². The maximum absolute atomic E-state index is 14.5. The molecule has 0 saturated heterocycles. The number of sulfonamides is 1. The molecule has 138 valence electrons. The van der Waals surface area contributed by atoms with Crippen LogP contribution in [0.4, 0.5) is 15.8 Å². The second kappa shape index (κ2) is 7.07. The Morgan fingerprint density at radius 1 is 1.23 bits per heavy atom. The Kier molecular flexibility index (Phi) is 5.00. The number of hydrogen-bond donors (Lipinski definition) is 1. The van der Waals surface area contributed by atoms with Gasteiger partial charge in [0.1, 0.15) is 5.82 Å². The van der Waals surface area contributed by atoms with E-state index in [0.717, 1.165) is 9.87 Å². The molecule has 7 heteroatoms. The number of benzene rings is 2. The van der Waals surface area contributed by atoms with Crippen molar-refractivity contribution < 1.29 is 17.6 Å². The van der Waals surface area contributed by atoms with Gasteiger partial charge in [0.05, 0.1) is 10.6 Å². The second-order valence-electron chi connectivity index (χ2n) is 6.36. The summed E-state index contributed by atoms with van der Waals surface area (Å²) in [5, 5.41) is 2.67. The number of amides is 1. The van der Waals surface area contributed by atoms with Crippen LogP contribution in [0.1, 0.15) is 30.9 Å². The molecule has 5 nitrogen and oxygen atoms in total. The highest BCUT2D eigenvalue weighted by atomic mass is 32.2. The van der Waals surface area contributed by atoms with Crippen molar-refractivity contribution in [1.29, 1.82) is 0 Å². The van der Waals surface area contributed by atoms with Crippen molar-refractivity contribution in [1.82, 2.24) is 0 Å². The smallest absolute Gasteiger partial charge is 0.264 e. The zero-order chi connectivity index (χ0) is 18.9.